The Bertz CT molecular complexity index is 663. The molecule has 3 rings (SSSR count). The molecule has 0 atom stereocenters. The van der Waals surface area contributed by atoms with Crippen molar-refractivity contribution in [3.63, 3.8) is 0 Å². The Hall–Kier alpha value is -1.36. The van der Waals surface area contributed by atoms with Crippen molar-refractivity contribution < 1.29 is 0 Å². The molecule has 0 spiro atoms. The van der Waals surface area contributed by atoms with E-state index in [0.717, 1.165) is 4.34 Å². The topological polar surface area (TPSA) is 38.9 Å². The maximum absolute atomic E-state index is 5.78. The van der Waals surface area contributed by atoms with Crippen LogP contribution < -0.4 is 5.73 Å². The molecule has 3 aromatic rings. The van der Waals surface area contributed by atoms with Crippen molar-refractivity contribution >= 4 is 33.9 Å². The van der Waals surface area contributed by atoms with Crippen molar-refractivity contribution in [3.8, 4) is 0 Å². The van der Waals surface area contributed by atoms with Gasteiger partial charge in [-0.05, 0) is 22.4 Å². The number of benzene rings is 2. The van der Waals surface area contributed by atoms with Crippen molar-refractivity contribution in [2.75, 3.05) is 0 Å². The Morgan fingerprint density at radius 3 is 2.67 bits per heavy atom. The molecule has 0 bridgehead atoms. The summed E-state index contributed by atoms with van der Waals surface area (Å²) in [7, 11) is 0. The second kappa shape index (κ2) is 5.10. The minimum atomic E-state index is 0.572. The number of nitrogens with zero attached hydrogens (tertiary/aromatic N) is 1. The van der Waals surface area contributed by atoms with E-state index in [9.17, 15) is 0 Å². The highest BCUT2D eigenvalue weighted by atomic mass is 32.2. The molecule has 2 nitrogen and oxygen atoms in total. The van der Waals surface area contributed by atoms with Crippen molar-refractivity contribution in [2.45, 2.75) is 15.8 Å². The number of hydrogen-bond acceptors (Lipinski definition) is 4. The van der Waals surface area contributed by atoms with Gasteiger partial charge in [0.1, 0.15) is 0 Å². The van der Waals surface area contributed by atoms with E-state index < -0.39 is 0 Å². The van der Waals surface area contributed by atoms with Crippen molar-refractivity contribution in [2.24, 2.45) is 5.73 Å². The molecule has 0 aliphatic rings. The largest absolute Gasteiger partial charge is 0.326 e. The Morgan fingerprint density at radius 2 is 1.94 bits per heavy atom. The normalized spacial score (nSPS) is 10.9. The molecule has 0 radical (unpaired) electrons. The highest BCUT2D eigenvalue weighted by Gasteiger charge is 2.07. The zero-order valence-electron chi connectivity index (χ0n) is 9.67. The summed E-state index contributed by atoms with van der Waals surface area (Å²) in [6.45, 7) is 0.572. The van der Waals surface area contributed by atoms with E-state index in [2.05, 4.69) is 41.4 Å². The second-order valence-corrected chi connectivity index (χ2v) is 6.06. The van der Waals surface area contributed by atoms with Gasteiger partial charge in [0, 0.05) is 23.0 Å². The fourth-order valence-electron chi connectivity index (χ4n) is 1.96. The summed E-state index contributed by atoms with van der Waals surface area (Å²) < 4.78 is 1.07. The van der Waals surface area contributed by atoms with E-state index in [1.807, 2.05) is 11.6 Å². The van der Waals surface area contributed by atoms with Crippen LogP contribution in [0.1, 0.15) is 5.56 Å². The minimum Gasteiger partial charge on any atom is -0.326 e. The first kappa shape index (κ1) is 11.7. The van der Waals surface area contributed by atoms with Gasteiger partial charge in [-0.2, -0.15) is 0 Å². The number of rotatable bonds is 3. The van der Waals surface area contributed by atoms with E-state index >= 15 is 0 Å². The van der Waals surface area contributed by atoms with Gasteiger partial charge in [0.2, 0.25) is 0 Å². The van der Waals surface area contributed by atoms with Crippen LogP contribution in [-0.4, -0.2) is 4.98 Å². The van der Waals surface area contributed by atoms with Crippen molar-refractivity contribution in [1.29, 1.82) is 0 Å². The average Bonchev–Trinajstić information content (AvgIpc) is 2.92. The maximum atomic E-state index is 5.78. The monoisotopic (exact) mass is 272 g/mol. The van der Waals surface area contributed by atoms with Crippen molar-refractivity contribution in [3.05, 3.63) is 53.5 Å². The molecule has 0 aliphatic carbocycles. The third-order valence-corrected chi connectivity index (χ3v) is 4.76. The lowest BCUT2D eigenvalue weighted by atomic mass is 10.0. The maximum Gasteiger partial charge on any atom is 0.154 e. The van der Waals surface area contributed by atoms with Gasteiger partial charge in [0.25, 0.3) is 0 Å². The summed E-state index contributed by atoms with van der Waals surface area (Å²) in [5.41, 5.74) is 6.97. The zero-order valence-corrected chi connectivity index (χ0v) is 11.3. The Kier molecular flexibility index (Phi) is 3.32. The summed E-state index contributed by atoms with van der Waals surface area (Å²) in [6, 6.07) is 12.6. The van der Waals surface area contributed by atoms with Gasteiger partial charge < -0.3 is 5.73 Å². The number of fused-ring (bicyclic) bond motifs is 1. The molecule has 18 heavy (non-hydrogen) atoms. The Morgan fingerprint density at radius 1 is 1.11 bits per heavy atom. The first-order valence-corrected chi connectivity index (χ1v) is 7.36. The summed E-state index contributed by atoms with van der Waals surface area (Å²) in [5, 5.41) is 4.49. The SMILES string of the molecule is NCc1ccc(Sc2nccs2)c2ccccc12. The van der Waals surface area contributed by atoms with Crippen LogP contribution in [-0.2, 0) is 6.54 Å². The van der Waals surface area contributed by atoms with Crippen LogP contribution in [0.25, 0.3) is 10.8 Å². The molecule has 0 saturated heterocycles. The quantitative estimate of drug-likeness (QED) is 0.785. The second-order valence-electron chi connectivity index (χ2n) is 3.87. The molecule has 1 aromatic heterocycles. The van der Waals surface area contributed by atoms with E-state index in [1.165, 1.54) is 21.2 Å². The molecule has 0 unspecified atom stereocenters. The third kappa shape index (κ3) is 2.14. The highest BCUT2D eigenvalue weighted by molar-refractivity contribution is 8.01. The van der Waals surface area contributed by atoms with E-state index in [0.29, 0.717) is 6.54 Å². The average molecular weight is 272 g/mol. The van der Waals surface area contributed by atoms with Crippen LogP contribution >= 0.6 is 23.1 Å². The molecule has 0 aliphatic heterocycles. The van der Waals surface area contributed by atoms with Crippen LogP contribution in [0.3, 0.4) is 0 Å². The lowest BCUT2D eigenvalue weighted by molar-refractivity contribution is 1.08. The lowest BCUT2D eigenvalue weighted by Gasteiger charge is -2.08. The van der Waals surface area contributed by atoms with Gasteiger partial charge in [-0.3, -0.25) is 0 Å². The third-order valence-electron chi connectivity index (χ3n) is 2.80. The standard InChI is InChI=1S/C14H12N2S2/c15-9-10-5-6-13(18-14-16-7-8-17-14)12-4-2-1-3-11(10)12/h1-8H,9,15H2. The predicted octanol–water partition coefficient (Wildman–Crippen LogP) is 3.91. The molecule has 1 heterocycles. The van der Waals surface area contributed by atoms with Crippen LogP contribution in [0.4, 0.5) is 0 Å². The van der Waals surface area contributed by atoms with Crippen molar-refractivity contribution in [1.82, 2.24) is 4.98 Å². The van der Waals surface area contributed by atoms with E-state index in [4.69, 9.17) is 5.73 Å². The summed E-state index contributed by atoms with van der Waals surface area (Å²) in [4.78, 5) is 5.55. The predicted molar refractivity (Wildman–Crippen MR) is 78.1 cm³/mol. The van der Waals surface area contributed by atoms with Gasteiger partial charge in [-0.25, -0.2) is 4.98 Å². The lowest BCUT2D eigenvalue weighted by Crippen LogP contribution is -1.97. The zero-order chi connectivity index (χ0) is 12.4. The number of aromatic nitrogens is 1. The molecule has 0 fully saturated rings. The summed E-state index contributed by atoms with van der Waals surface area (Å²) in [6.07, 6.45) is 1.84. The van der Waals surface area contributed by atoms with E-state index in [-0.39, 0.29) is 0 Å². The number of hydrogen-bond donors (Lipinski definition) is 1. The van der Waals surface area contributed by atoms with E-state index in [1.54, 1.807) is 23.1 Å². The van der Waals surface area contributed by atoms with Crippen LogP contribution in [0.15, 0.2) is 57.2 Å². The molecule has 90 valence electrons. The molecule has 0 amide bonds. The van der Waals surface area contributed by atoms with Gasteiger partial charge in [-0.1, -0.05) is 42.1 Å². The van der Waals surface area contributed by atoms with Gasteiger partial charge in [-0.15, -0.1) is 11.3 Å². The molecule has 2 N–H and O–H groups in total. The van der Waals surface area contributed by atoms with Gasteiger partial charge >= 0.3 is 0 Å². The highest BCUT2D eigenvalue weighted by Crippen LogP contribution is 2.35. The first-order valence-electron chi connectivity index (χ1n) is 5.66. The fourth-order valence-corrected chi connectivity index (χ4v) is 3.67. The molecule has 0 saturated carbocycles. The van der Waals surface area contributed by atoms with Crippen LogP contribution in [0, 0.1) is 0 Å². The smallest absolute Gasteiger partial charge is 0.154 e. The number of nitrogens with two attached hydrogens (primary N) is 1. The van der Waals surface area contributed by atoms with Crippen LogP contribution in [0.2, 0.25) is 0 Å². The molecule has 2 aromatic carbocycles. The first-order chi connectivity index (χ1) is 8.88. The molecule has 4 heteroatoms. The number of thiazole rings is 1. The Labute approximate surface area is 114 Å². The Balaban J connectivity index is 2.13. The summed E-state index contributed by atoms with van der Waals surface area (Å²) >= 11 is 3.37. The van der Waals surface area contributed by atoms with Crippen LogP contribution in [0.5, 0.6) is 0 Å². The van der Waals surface area contributed by atoms with Gasteiger partial charge in [0.15, 0.2) is 4.34 Å². The molecular formula is C14H12N2S2. The fraction of sp³-hybridized carbons (Fsp3) is 0.0714. The summed E-state index contributed by atoms with van der Waals surface area (Å²) in [5.74, 6) is 0. The van der Waals surface area contributed by atoms with Gasteiger partial charge in [0.05, 0.1) is 0 Å². The molecular weight excluding hydrogens is 260 g/mol. The minimum absolute atomic E-state index is 0.572.